The molecule has 1 N–H and O–H groups in total. The largest absolute Gasteiger partial charge is 0.492 e. The molecular formula is C36H38N2O5. The summed E-state index contributed by atoms with van der Waals surface area (Å²) in [4.78, 5) is 40.6. The van der Waals surface area contributed by atoms with E-state index in [1.54, 1.807) is 35.2 Å². The number of hydrogen-bond acceptors (Lipinski definition) is 6. The number of benzene rings is 4. The third-order valence-electron chi connectivity index (χ3n) is 6.92. The third kappa shape index (κ3) is 8.79. The first-order valence-corrected chi connectivity index (χ1v) is 14.5. The van der Waals surface area contributed by atoms with E-state index in [0.717, 1.165) is 11.3 Å². The Morgan fingerprint density at radius 1 is 0.791 bits per heavy atom. The second-order valence-electron chi connectivity index (χ2n) is 10.6. The van der Waals surface area contributed by atoms with Gasteiger partial charge in [-0.1, -0.05) is 86.6 Å². The maximum absolute atomic E-state index is 13.2. The van der Waals surface area contributed by atoms with Gasteiger partial charge >= 0.3 is 5.97 Å². The maximum Gasteiger partial charge on any atom is 0.328 e. The lowest BCUT2D eigenvalue weighted by atomic mass is 10.00. The monoisotopic (exact) mass is 578 g/mol. The molecule has 0 saturated heterocycles. The number of esters is 1. The molecule has 0 aromatic heterocycles. The fraction of sp³-hybridized carbons (Fsp3) is 0.250. The first-order valence-electron chi connectivity index (χ1n) is 14.5. The van der Waals surface area contributed by atoms with Gasteiger partial charge in [0.25, 0.3) is 0 Å². The predicted octanol–water partition coefficient (Wildman–Crippen LogP) is 6.57. The molecule has 222 valence electrons. The molecule has 0 bridgehead atoms. The number of carbonyl (C=O) groups is 3. The second kappa shape index (κ2) is 15.4. The van der Waals surface area contributed by atoms with E-state index in [4.69, 9.17) is 9.47 Å². The molecule has 0 spiro atoms. The zero-order valence-corrected chi connectivity index (χ0v) is 24.9. The normalized spacial score (nSPS) is 11.4. The smallest absolute Gasteiger partial charge is 0.328 e. The van der Waals surface area contributed by atoms with Crippen LogP contribution in [0, 0.1) is 5.92 Å². The van der Waals surface area contributed by atoms with Gasteiger partial charge in [0.2, 0.25) is 5.91 Å². The number of para-hydroxylation sites is 2. The topological polar surface area (TPSA) is 84.9 Å². The van der Waals surface area contributed by atoms with Crippen LogP contribution < -0.4 is 15.0 Å². The van der Waals surface area contributed by atoms with Crippen LogP contribution in [0.15, 0.2) is 109 Å². The number of nitrogens with zero attached hydrogens (tertiary/aromatic N) is 1. The molecule has 0 heterocycles. The molecule has 0 aliphatic carbocycles. The van der Waals surface area contributed by atoms with Crippen molar-refractivity contribution in [3.8, 4) is 5.75 Å². The highest BCUT2D eigenvalue weighted by Gasteiger charge is 2.23. The van der Waals surface area contributed by atoms with Crippen molar-refractivity contribution in [1.82, 2.24) is 0 Å². The lowest BCUT2D eigenvalue weighted by Crippen LogP contribution is -2.35. The quantitative estimate of drug-likeness (QED) is 0.135. The molecule has 7 heteroatoms. The van der Waals surface area contributed by atoms with Crippen LogP contribution in [0.5, 0.6) is 5.75 Å². The van der Waals surface area contributed by atoms with E-state index >= 15 is 0 Å². The van der Waals surface area contributed by atoms with Crippen LogP contribution in [0.4, 0.5) is 11.4 Å². The second-order valence-corrected chi connectivity index (χ2v) is 10.6. The van der Waals surface area contributed by atoms with Crippen molar-refractivity contribution in [2.75, 3.05) is 30.5 Å². The van der Waals surface area contributed by atoms with E-state index < -0.39 is 12.0 Å². The van der Waals surface area contributed by atoms with Gasteiger partial charge in [-0.05, 0) is 47.9 Å². The van der Waals surface area contributed by atoms with Crippen molar-refractivity contribution in [3.63, 3.8) is 0 Å². The van der Waals surface area contributed by atoms with Crippen LogP contribution in [-0.4, -0.2) is 44.0 Å². The van der Waals surface area contributed by atoms with Gasteiger partial charge in [0.1, 0.15) is 18.4 Å². The van der Waals surface area contributed by atoms with Crippen molar-refractivity contribution in [2.24, 2.45) is 5.92 Å². The molecule has 0 aliphatic rings. The molecular weight excluding hydrogens is 540 g/mol. The minimum atomic E-state index is -0.715. The van der Waals surface area contributed by atoms with Crippen LogP contribution >= 0.6 is 0 Å². The average molecular weight is 579 g/mol. The van der Waals surface area contributed by atoms with E-state index in [1.807, 2.05) is 92.7 Å². The number of ether oxygens (including phenoxy) is 2. The molecule has 4 aromatic rings. The number of methoxy groups -OCH3 is 1. The number of amides is 1. The van der Waals surface area contributed by atoms with E-state index in [-0.39, 0.29) is 17.6 Å². The summed E-state index contributed by atoms with van der Waals surface area (Å²) in [6, 6.07) is 32.6. The predicted molar refractivity (Wildman–Crippen MR) is 170 cm³/mol. The minimum Gasteiger partial charge on any atom is -0.492 e. The van der Waals surface area contributed by atoms with Gasteiger partial charge in [-0.3, -0.25) is 9.59 Å². The first kappa shape index (κ1) is 31.0. The Kier molecular flexibility index (Phi) is 11.1. The number of anilines is 2. The molecule has 4 rings (SSSR count). The average Bonchev–Trinajstić information content (AvgIpc) is 3.03. The van der Waals surface area contributed by atoms with Gasteiger partial charge in [0, 0.05) is 35.3 Å². The Morgan fingerprint density at radius 2 is 1.42 bits per heavy atom. The Labute approximate surface area is 253 Å². The third-order valence-corrected chi connectivity index (χ3v) is 6.92. The van der Waals surface area contributed by atoms with Gasteiger partial charge < -0.3 is 19.7 Å². The summed E-state index contributed by atoms with van der Waals surface area (Å²) in [7, 11) is 1.35. The van der Waals surface area contributed by atoms with E-state index in [2.05, 4.69) is 5.32 Å². The molecule has 0 saturated carbocycles. The molecule has 43 heavy (non-hydrogen) atoms. The Morgan fingerprint density at radius 3 is 2.07 bits per heavy atom. The Hall–Kier alpha value is -4.91. The van der Waals surface area contributed by atoms with Gasteiger partial charge in [-0.2, -0.15) is 0 Å². The van der Waals surface area contributed by atoms with Gasteiger partial charge in [0.15, 0.2) is 5.78 Å². The summed E-state index contributed by atoms with van der Waals surface area (Å²) in [5, 5.41) is 3.23. The summed E-state index contributed by atoms with van der Waals surface area (Å²) in [6.07, 6.45) is 0.802. The first-order chi connectivity index (χ1) is 20.9. The molecule has 0 unspecified atom stereocenters. The summed E-state index contributed by atoms with van der Waals surface area (Å²) in [5.74, 6) is 0.413. The lowest BCUT2D eigenvalue weighted by molar-refractivity contribution is -0.141. The lowest BCUT2D eigenvalue weighted by Gasteiger charge is -2.24. The summed E-state index contributed by atoms with van der Waals surface area (Å²) >= 11 is 0. The molecule has 0 fully saturated rings. The van der Waals surface area contributed by atoms with Crippen LogP contribution in [0.25, 0.3) is 0 Å². The maximum atomic E-state index is 13.2. The molecule has 1 amide bonds. The SMILES string of the molecule is COC(=O)[C@H](Cc1ccc(OCCN(C(=O)CC(C)C)c2ccccc2)cc1)Nc1ccccc1C(=O)c1ccccc1. The van der Waals surface area contributed by atoms with Crippen LogP contribution in [0.3, 0.4) is 0 Å². The van der Waals surface area contributed by atoms with E-state index in [0.29, 0.717) is 48.6 Å². The Bertz CT molecular complexity index is 1490. The number of rotatable bonds is 14. The minimum absolute atomic E-state index is 0.0635. The highest BCUT2D eigenvalue weighted by atomic mass is 16.5. The van der Waals surface area contributed by atoms with E-state index in [9.17, 15) is 14.4 Å². The Balaban J connectivity index is 1.41. The standard InChI is InChI=1S/C36H38N2O5/c1-26(2)24-34(39)38(29-14-8-5-9-15-29)22-23-43-30-20-18-27(19-21-30)25-33(36(41)42-3)37-32-17-11-10-16-31(32)35(40)28-12-6-4-7-13-28/h4-21,26,33,37H,22-25H2,1-3H3/t33-/m0/s1. The van der Waals surface area contributed by atoms with Crippen molar-refractivity contribution in [1.29, 1.82) is 0 Å². The van der Waals surface area contributed by atoms with Crippen LogP contribution in [0.2, 0.25) is 0 Å². The fourth-order valence-corrected chi connectivity index (χ4v) is 4.75. The van der Waals surface area contributed by atoms with Crippen molar-refractivity contribution < 1.29 is 23.9 Å². The molecule has 0 radical (unpaired) electrons. The summed E-state index contributed by atoms with van der Waals surface area (Å²) in [6.45, 7) is 4.81. The van der Waals surface area contributed by atoms with Gasteiger partial charge in [0.05, 0.1) is 13.7 Å². The summed E-state index contributed by atoms with van der Waals surface area (Å²) < 4.78 is 11.1. The molecule has 7 nitrogen and oxygen atoms in total. The van der Waals surface area contributed by atoms with Gasteiger partial charge in [-0.25, -0.2) is 4.79 Å². The zero-order chi connectivity index (χ0) is 30.6. The number of nitrogens with one attached hydrogen (secondary N) is 1. The number of ketones is 1. The van der Waals surface area contributed by atoms with Crippen LogP contribution in [-0.2, 0) is 20.7 Å². The zero-order valence-electron chi connectivity index (χ0n) is 24.9. The highest BCUT2D eigenvalue weighted by Crippen LogP contribution is 2.23. The highest BCUT2D eigenvalue weighted by molar-refractivity contribution is 6.12. The van der Waals surface area contributed by atoms with E-state index in [1.165, 1.54) is 7.11 Å². The van der Waals surface area contributed by atoms with Crippen LogP contribution in [0.1, 0.15) is 41.8 Å². The van der Waals surface area contributed by atoms with Gasteiger partial charge in [-0.15, -0.1) is 0 Å². The summed E-state index contributed by atoms with van der Waals surface area (Å²) in [5.41, 5.74) is 3.34. The van der Waals surface area contributed by atoms with Crippen molar-refractivity contribution in [2.45, 2.75) is 32.7 Å². The van der Waals surface area contributed by atoms with Crippen molar-refractivity contribution >= 4 is 29.0 Å². The number of hydrogen-bond donors (Lipinski definition) is 1. The molecule has 4 aromatic carbocycles. The molecule has 1 atom stereocenters. The van der Waals surface area contributed by atoms with Crippen molar-refractivity contribution in [3.05, 3.63) is 126 Å². The number of carbonyl (C=O) groups excluding carboxylic acids is 3. The molecule has 0 aliphatic heterocycles. The fourth-order valence-electron chi connectivity index (χ4n) is 4.75.